The monoisotopic (exact) mass is 470 g/mol. The average molecular weight is 470 g/mol. The minimum Gasteiger partial charge on any atom is -0.506 e. The number of anilines is 1. The molecule has 5 nitrogen and oxygen atoms in total. The van der Waals surface area contributed by atoms with Gasteiger partial charge in [-0.2, -0.15) is 0 Å². The normalized spacial score (nSPS) is 18.2. The molecule has 0 saturated carbocycles. The molecule has 0 aromatic heterocycles. The zero-order chi connectivity index (χ0) is 17.5. The molecule has 1 aliphatic heterocycles. The molecule has 1 saturated heterocycles. The fourth-order valence-corrected chi connectivity index (χ4v) is 3.69. The van der Waals surface area contributed by atoms with Crippen molar-refractivity contribution in [2.45, 2.75) is 32.1 Å². The number of nitrogens with zero attached hydrogens (tertiary/aromatic N) is 3. The van der Waals surface area contributed by atoms with Crippen molar-refractivity contribution in [3.8, 4) is 5.75 Å². The smallest absolute Gasteiger partial charge is 0.193 e. The molecule has 1 aromatic rings. The Morgan fingerprint density at radius 2 is 1.92 bits per heavy atom. The molecule has 2 aliphatic rings. The number of allylic oxidation sites excluding steroid dienone is 1. The highest BCUT2D eigenvalue weighted by Crippen LogP contribution is 2.27. The number of benzene rings is 1. The number of para-hydroxylation sites is 2. The van der Waals surface area contributed by atoms with Gasteiger partial charge in [-0.15, -0.1) is 24.0 Å². The predicted octanol–water partition coefficient (Wildman–Crippen LogP) is 3.60. The van der Waals surface area contributed by atoms with Crippen molar-refractivity contribution in [3.05, 3.63) is 35.9 Å². The lowest BCUT2D eigenvalue weighted by molar-refractivity contribution is 0.370. The van der Waals surface area contributed by atoms with Gasteiger partial charge in [-0.05, 0) is 44.2 Å². The van der Waals surface area contributed by atoms with Gasteiger partial charge < -0.3 is 20.2 Å². The first-order chi connectivity index (χ1) is 12.3. The lowest BCUT2D eigenvalue weighted by atomic mass is 9.97. The Bertz CT molecular complexity index is 624. The summed E-state index contributed by atoms with van der Waals surface area (Å²) in [5.41, 5.74) is 2.52. The number of phenolic OH excluding ortho intramolecular Hbond substituents is 1. The third-order valence-corrected chi connectivity index (χ3v) is 5.13. The molecule has 6 heteroatoms. The van der Waals surface area contributed by atoms with Crippen LogP contribution in [0.1, 0.15) is 32.1 Å². The van der Waals surface area contributed by atoms with Crippen molar-refractivity contribution in [1.29, 1.82) is 0 Å². The molecule has 3 rings (SSSR count). The van der Waals surface area contributed by atoms with E-state index >= 15 is 0 Å². The Morgan fingerprint density at radius 3 is 2.58 bits per heavy atom. The predicted molar refractivity (Wildman–Crippen MR) is 120 cm³/mol. The molecule has 1 heterocycles. The van der Waals surface area contributed by atoms with Crippen LogP contribution >= 0.6 is 24.0 Å². The first-order valence-corrected chi connectivity index (χ1v) is 9.44. The van der Waals surface area contributed by atoms with E-state index < -0.39 is 0 Å². The van der Waals surface area contributed by atoms with Crippen LogP contribution in [0.3, 0.4) is 0 Å². The molecule has 2 N–H and O–H groups in total. The van der Waals surface area contributed by atoms with Crippen molar-refractivity contribution in [2.24, 2.45) is 4.99 Å². The standard InChI is InChI=1S/C20H30N4O.HI/c1-21-20(22-12-11-17-7-3-2-4-8-17)24-15-13-23(14-16-24)18-9-5-6-10-19(18)25;/h5-7,9-10,25H,2-4,8,11-16H2,1H3,(H,21,22);1H. The Morgan fingerprint density at radius 1 is 1.15 bits per heavy atom. The molecule has 1 aromatic carbocycles. The van der Waals surface area contributed by atoms with E-state index in [1.54, 1.807) is 11.6 Å². The number of aliphatic imine (C=N–C) groups is 1. The van der Waals surface area contributed by atoms with Crippen molar-refractivity contribution in [1.82, 2.24) is 10.2 Å². The van der Waals surface area contributed by atoms with E-state index in [1.807, 2.05) is 25.2 Å². The van der Waals surface area contributed by atoms with Gasteiger partial charge in [-0.25, -0.2) is 0 Å². The Labute approximate surface area is 174 Å². The second-order valence-corrected chi connectivity index (χ2v) is 6.79. The van der Waals surface area contributed by atoms with E-state index in [9.17, 15) is 5.11 Å². The molecule has 0 bridgehead atoms. The molecular weight excluding hydrogens is 439 g/mol. The van der Waals surface area contributed by atoms with Crippen molar-refractivity contribution >= 4 is 35.6 Å². The number of guanidine groups is 1. The van der Waals surface area contributed by atoms with Crippen LogP contribution < -0.4 is 10.2 Å². The van der Waals surface area contributed by atoms with E-state index in [1.165, 1.54) is 25.7 Å². The zero-order valence-electron chi connectivity index (χ0n) is 15.7. The second kappa shape index (κ2) is 10.6. The minimum atomic E-state index is 0. The average Bonchev–Trinajstić information content (AvgIpc) is 2.67. The minimum absolute atomic E-state index is 0. The van der Waals surface area contributed by atoms with Crippen LogP contribution in [0.15, 0.2) is 40.9 Å². The van der Waals surface area contributed by atoms with Gasteiger partial charge in [-0.1, -0.05) is 23.8 Å². The fraction of sp³-hybridized carbons (Fsp3) is 0.550. The van der Waals surface area contributed by atoms with Gasteiger partial charge >= 0.3 is 0 Å². The van der Waals surface area contributed by atoms with Crippen LogP contribution in [-0.4, -0.2) is 55.7 Å². The SMILES string of the molecule is CN=C(NCCC1=CCCCC1)N1CCN(c2ccccc2O)CC1.I. The van der Waals surface area contributed by atoms with Crippen LogP contribution in [0, 0.1) is 0 Å². The highest BCUT2D eigenvalue weighted by molar-refractivity contribution is 14.0. The van der Waals surface area contributed by atoms with E-state index in [2.05, 4.69) is 26.2 Å². The first kappa shape index (κ1) is 20.9. The van der Waals surface area contributed by atoms with E-state index in [4.69, 9.17) is 0 Å². The van der Waals surface area contributed by atoms with Crippen LogP contribution in [0.5, 0.6) is 5.75 Å². The quantitative estimate of drug-likeness (QED) is 0.306. The Balaban J connectivity index is 0.00000243. The number of piperazine rings is 1. The number of hydrogen-bond acceptors (Lipinski definition) is 3. The summed E-state index contributed by atoms with van der Waals surface area (Å²) in [6, 6.07) is 7.57. The molecule has 0 amide bonds. The highest BCUT2D eigenvalue weighted by atomic mass is 127. The van der Waals surface area contributed by atoms with Crippen LogP contribution in [0.25, 0.3) is 0 Å². The first-order valence-electron chi connectivity index (χ1n) is 9.44. The molecule has 0 radical (unpaired) electrons. The summed E-state index contributed by atoms with van der Waals surface area (Å²) in [5.74, 6) is 1.35. The Hall–Kier alpha value is -1.44. The van der Waals surface area contributed by atoms with Gasteiger partial charge in [0.1, 0.15) is 5.75 Å². The highest BCUT2D eigenvalue weighted by Gasteiger charge is 2.21. The molecule has 144 valence electrons. The van der Waals surface area contributed by atoms with Gasteiger partial charge in [0, 0.05) is 39.8 Å². The van der Waals surface area contributed by atoms with E-state index in [0.29, 0.717) is 5.75 Å². The van der Waals surface area contributed by atoms with E-state index in [0.717, 1.165) is 50.8 Å². The number of halogens is 1. The summed E-state index contributed by atoms with van der Waals surface area (Å²) in [6.45, 7) is 4.57. The van der Waals surface area contributed by atoms with Gasteiger partial charge in [0.25, 0.3) is 0 Å². The summed E-state index contributed by atoms with van der Waals surface area (Å²) >= 11 is 0. The molecule has 0 spiro atoms. The second-order valence-electron chi connectivity index (χ2n) is 6.79. The topological polar surface area (TPSA) is 51.1 Å². The molecule has 0 unspecified atom stereocenters. The van der Waals surface area contributed by atoms with Crippen LogP contribution in [0.2, 0.25) is 0 Å². The van der Waals surface area contributed by atoms with Crippen LogP contribution in [-0.2, 0) is 0 Å². The summed E-state index contributed by atoms with van der Waals surface area (Å²) in [5, 5.41) is 13.5. The lowest BCUT2D eigenvalue weighted by Crippen LogP contribution is -2.52. The molecule has 1 fully saturated rings. The number of aromatic hydroxyl groups is 1. The molecule has 0 atom stereocenters. The van der Waals surface area contributed by atoms with Crippen molar-refractivity contribution in [3.63, 3.8) is 0 Å². The van der Waals surface area contributed by atoms with Crippen LogP contribution in [0.4, 0.5) is 5.69 Å². The Kier molecular flexibility index (Phi) is 8.54. The maximum atomic E-state index is 10.0. The summed E-state index contributed by atoms with van der Waals surface area (Å²) in [4.78, 5) is 9.01. The maximum absolute atomic E-state index is 10.0. The third-order valence-electron chi connectivity index (χ3n) is 5.13. The zero-order valence-corrected chi connectivity index (χ0v) is 18.0. The number of rotatable bonds is 4. The molecule has 26 heavy (non-hydrogen) atoms. The summed E-state index contributed by atoms with van der Waals surface area (Å²) in [6.07, 6.45) is 8.74. The number of phenols is 1. The molecular formula is C20H31IN4O. The van der Waals surface area contributed by atoms with E-state index in [-0.39, 0.29) is 24.0 Å². The third kappa shape index (κ3) is 5.53. The number of hydrogen-bond donors (Lipinski definition) is 2. The van der Waals surface area contributed by atoms with Gasteiger partial charge in [0.05, 0.1) is 5.69 Å². The number of nitrogens with one attached hydrogen (secondary N) is 1. The summed E-state index contributed by atoms with van der Waals surface area (Å²) < 4.78 is 0. The summed E-state index contributed by atoms with van der Waals surface area (Å²) in [7, 11) is 1.86. The van der Waals surface area contributed by atoms with Gasteiger partial charge in [0.2, 0.25) is 0 Å². The largest absolute Gasteiger partial charge is 0.506 e. The fourth-order valence-electron chi connectivity index (χ4n) is 3.69. The van der Waals surface area contributed by atoms with Crippen molar-refractivity contribution < 1.29 is 5.11 Å². The maximum Gasteiger partial charge on any atom is 0.193 e. The van der Waals surface area contributed by atoms with Gasteiger partial charge in [-0.3, -0.25) is 4.99 Å². The molecule has 1 aliphatic carbocycles. The van der Waals surface area contributed by atoms with Gasteiger partial charge in [0.15, 0.2) is 5.96 Å². The van der Waals surface area contributed by atoms with Crippen molar-refractivity contribution in [2.75, 3.05) is 44.7 Å². The lowest BCUT2D eigenvalue weighted by Gasteiger charge is -2.37.